The molecule has 0 bridgehead atoms. The molecule has 3 N–H and O–H groups in total. The van der Waals surface area contributed by atoms with Gasteiger partial charge < -0.3 is 11.1 Å². The van der Waals surface area contributed by atoms with E-state index in [2.05, 4.69) is 193 Å². The van der Waals surface area contributed by atoms with Gasteiger partial charge in [-0.3, -0.25) is 0 Å². The van der Waals surface area contributed by atoms with Crippen LogP contribution in [0.2, 0.25) is 0 Å². The van der Waals surface area contributed by atoms with Crippen molar-refractivity contribution < 1.29 is 0 Å². The van der Waals surface area contributed by atoms with Gasteiger partial charge in [0.2, 0.25) is 0 Å². The van der Waals surface area contributed by atoms with Crippen LogP contribution in [0.4, 0.5) is 11.4 Å². The molecule has 1 unspecified atom stereocenters. The maximum absolute atomic E-state index is 6.72. The first-order valence-corrected chi connectivity index (χ1v) is 18.9. The Morgan fingerprint density at radius 2 is 1.18 bits per heavy atom. The molecule has 0 spiro atoms. The first-order valence-electron chi connectivity index (χ1n) is 18.9. The van der Waals surface area contributed by atoms with Gasteiger partial charge >= 0.3 is 0 Å². The van der Waals surface area contributed by atoms with Crippen LogP contribution in [0.3, 0.4) is 0 Å². The third kappa shape index (κ3) is 6.75. The highest BCUT2D eigenvalue weighted by Gasteiger charge is 2.47. The van der Waals surface area contributed by atoms with Crippen LogP contribution in [0, 0.1) is 0 Å². The summed E-state index contributed by atoms with van der Waals surface area (Å²) in [4.78, 5) is 0. The van der Waals surface area contributed by atoms with Gasteiger partial charge in [-0.15, -0.1) is 0 Å². The standard InChI is InChI=1S/C53H44N2/c1-3-4-7-18-38(2)53(49-27-16-17-28-52(49)55-43-21-10-6-11-22-43)48-26-15-14-24-45(48)46-35-34-42(37-50(46)53)40-30-32-41(33-31-40)44-23-12-13-25-47(44)51(54)36-29-39-19-8-5-9-20-39/h3-28,30-37,55H,2,29,54H2,1H3/b4-3-,18-7-,51-36-. The summed E-state index contributed by atoms with van der Waals surface area (Å²) in [5, 5.41) is 3.76. The fraction of sp³-hybridized carbons (Fsp3) is 0.0566. The number of fused-ring (bicyclic) bond motifs is 3. The molecular formula is C53H44N2. The molecule has 0 saturated carbocycles. The Morgan fingerprint density at radius 1 is 0.582 bits per heavy atom. The quantitative estimate of drug-likeness (QED) is 0.131. The molecule has 1 atom stereocenters. The number of hydrogen-bond donors (Lipinski definition) is 2. The lowest BCUT2D eigenvalue weighted by molar-refractivity contribution is 0.773. The summed E-state index contributed by atoms with van der Waals surface area (Å²) in [6.07, 6.45) is 11.3. The van der Waals surface area contributed by atoms with Crippen molar-refractivity contribution in [2.24, 2.45) is 5.73 Å². The number of nitrogens with one attached hydrogen (secondary N) is 1. The molecule has 0 fully saturated rings. The summed E-state index contributed by atoms with van der Waals surface area (Å²) in [7, 11) is 0. The summed E-state index contributed by atoms with van der Waals surface area (Å²) in [6, 6.07) is 62.5. The summed E-state index contributed by atoms with van der Waals surface area (Å²) in [5.41, 5.74) is 22.8. The van der Waals surface area contributed by atoms with Crippen LogP contribution in [0.1, 0.15) is 34.7 Å². The molecule has 8 rings (SSSR count). The van der Waals surface area contributed by atoms with E-state index in [1.54, 1.807) is 0 Å². The summed E-state index contributed by atoms with van der Waals surface area (Å²) in [5.74, 6) is 0. The van der Waals surface area contributed by atoms with Gasteiger partial charge in [-0.2, -0.15) is 0 Å². The Hall–Kier alpha value is -6.90. The molecule has 7 aromatic rings. The Labute approximate surface area is 325 Å². The smallest absolute Gasteiger partial charge is 0.0728 e. The van der Waals surface area contributed by atoms with Crippen LogP contribution >= 0.6 is 0 Å². The van der Waals surface area contributed by atoms with E-state index in [4.69, 9.17) is 12.3 Å². The fourth-order valence-corrected chi connectivity index (χ4v) is 8.05. The third-order valence-corrected chi connectivity index (χ3v) is 10.7. The molecule has 0 radical (unpaired) electrons. The Kier molecular flexibility index (Phi) is 9.97. The Bertz CT molecular complexity index is 2560. The number of anilines is 2. The van der Waals surface area contributed by atoms with Crippen molar-refractivity contribution >= 4 is 17.1 Å². The Balaban J connectivity index is 1.23. The minimum absolute atomic E-state index is 0.652. The van der Waals surface area contributed by atoms with Crippen molar-refractivity contribution in [3.05, 3.63) is 246 Å². The van der Waals surface area contributed by atoms with Gasteiger partial charge in [-0.05, 0) is 98.8 Å². The van der Waals surface area contributed by atoms with Crippen molar-refractivity contribution in [1.82, 2.24) is 0 Å². The maximum Gasteiger partial charge on any atom is 0.0728 e. The van der Waals surface area contributed by atoms with Crippen molar-refractivity contribution in [3.8, 4) is 33.4 Å². The van der Waals surface area contributed by atoms with Crippen LogP contribution in [0.25, 0.3) is 39.1 Å². The second kappa shape index (κ2) is 15.6. The van der Waals surface area contributed by atoms with E-state index in [-0.39, 0.29) is 0 Å². The van der Waals surface area contributed by atoms with Gasteiger partial charge in [-0.25, -0.2) is 0 Å². The zero-order valence-corrected chi connectivity index (χ0v) is 31.1. The van der Waals surface area contributed by atoms with Crippen molar-refractivity contribution in [2.75, 3.05) is 5.32 Å². The van der Waals surface area contributed by atoms with Crippen LogP contribution in [-0.4, -0.2) is 0 Å². The average Bonchev–Trinajstić information content (AvgIpc) is 3.54. The van der Waals surface area contributed by atoms with Gasteiger partial charge in [0.15, 0.2) is 0 Å². The molecule has 0 heterocycles. The molecule has 2 nitrogen and oxygen atoms in total. The summed E-state index contributed by atoms with van der Waals surface area (Å²) in [6.45, 7) is 6.88. The number of hydrogen-bond acceptors (Lipinski definition) is 2. The van der Waals surface area contributed by atoms with Gasteiger partial charge in [0.25, 0.3) is 0 Å². The van der Waals surface area contributed by atoms with Gasteiger partial charge in [0, 0.05) is 22.6 Å². The molecule has 0 amide bonds. The number of allylic oxidation sites excluding steroid dienone is 6. The van der Waals surface area contributed by atoms with Crippen LogP contribution in [-0.2, 0) is 11.8 Å². The normalized spacial score (nSPS) is 14.9. The molecule has 0 saturated heterocycles. The third-order valence-electron chi connectivity index (χ3n) is 10.7. The molecule has 0 aliphatic heterocycles. The highest BCUT2D eigenvalue weighted by atomic mass is 14.9. The zero-order valence-electron chi connectivity index (χ0n) is 31.1. The molecular weight excluding hydrogens is 665 g/mol. The lowest BCUT2D eigenvalue weighted by Crippen LogP contribution is -2.29. The molecule has 2 heteroatoms. The Morgan fingerprint density at radius 3 is 1.95 bits per heavy atom. The predicted molar refractivity (Wildman–Crippen MR) is 234 cm³/mol. The molecule has 55 heavy (non-hydrogen) atoms. The SMILES string of the molecule is C=C(/C=C\C=C/C)C1(c2ccccc2Nc2ccccc2)c2ccccc2-c2ccc(-c3ccc(-c4ccccc4/C(N)=C/Cc4ccccc4)cc3)cc21. The summed E-state index contributed by atoms with van der Waals surface area (Å²) < 4.78 is 0. The minimum atomic E-state index is -0.652. The van der Waals surface area contributed by atoms with Crippen LogP contribution in [0.15, 0.2) is 218 Å². The van der Waals surface area contributed by atoms with E-state index < -0.39 is 5.41 Å². The van der Waals surface area contributed by atoms with Crippen molar-refractivity contribution in [1.29, 1.82) is 0 Å². The monoisotopic (exact) mass is 708 g/mol. The molecule has 0 aromatic heterocycles. The first kappa shape index (κ1) is 35.1. The molecule has 1 aliphatic carbocycles. The molecule has 7 aromatic carbocycles. The second-order valence-electron chi connectivity index (χ2n) is 14.0. The van der Waals surface area contributed by atoms with Gasteiger partial charge in [0.05, 0.1) is 5.41 Å². The van der Waals surface area contributed by atoms with E-state index in [1.807, 2.05) is 25.1 Å². The predicted octanol–water partition coefficient (Wildman–Crippen LogP) is 13.3. The van der Waals surface area contributed by atoms with Gasteiger partial charge in [-0.1, -0.05) is 189 Å². The first-order chi connectivity index (χ1) is 27.1. The number of rotatable bonds is 11. The second-order valence-corrected chi connectivity index (χ2v) is 14.0. The lowest BCUT2D eigenvalue weighted by atomic mass is 9.66. The maximum atomic E-state index is 6.72. The van der Waals surface area contributed by atoms with Crippen molar-refractivity contribution in [3.63, 3.8) is 0 Å². The average molecular weight is 709 g/mol. The highest BCUT2D eigenvalue weighted by Crippen LogP contribution is 2.58. The van der Waals surface area contributed by atoms with Gasteiger partial charge in [0.1, 0.15) is 0 Å². The number of para-hydroxylation sites is 2. The summed E-state index contributed by atoms with van der Waals surface area (Å²) >= 11 is 0. The number of nitrogens with two attached hydrogens (primary N) is 1. The van der Waals surface area contributed by atoms with E-state index in [0.717, 1.165) is 62.4 Å². The zero-order chi connectivity index (χ0) is 37.6. The molecule has 266 valence electrons. The minimum Gasteiger partial charge on any atom is -0.398 e. The van der Waals surface area contributed by atoms with E-state index in [9.17, 15) is 0 Å². The van der Waals surface area contributed by atoms with E-state index in [0.29, 0.717) is 0 Å². The van der Waals surface area contributed by atoms with E-state index >= 15 is 0 Å². The van der Waals surface area contributed by atoms with Crippen LogP contribution in [0.5, 0.6) is 0 Å². The lowest BCUT2D eigenvalue weighted by Gasteiger charge is -2.36. The largest absolute Gasteiger partial charge is 0.398 e. The number of benzene rings is 7. The topological polar surface area (TPSA) is 38.0 Å². The van der Waals surface area contributed by atoms with Crippen LogP contribution < -0.4 is 11.1 Å². The van der Waals surface area contributed by atoms with E-state index in [1.165, 1.54) is 27.8 Å². The fourth-order valence-electron chi connectivity index (χ4n) is 8.05. The van der Waals surface area contributed by atoms with Crippen molar-refractivity contribution in [2.45, 2.75) is 18.8 Å². The molecule has 1 aliphatic rings. The highest BCUT2D eigenvalue weighted by molar-refractivity contribution is 5.91.